The van der Waals surface area contributed by atoms with Gasteiger partial charge >= 0.3 is 7.12 Å². The summed E-state index contributed by atoms with van der Waals surface area (Å²) in [6.07, 6.45) is 1.62. The molecule has 1 aromatic heterocycles. The quantitative estimate of drug-likeness (QED) is 0.582. The molecule has 0 saturated heterocycles. The maximum atomic E-state index is 9.02. The van der Waals surface area contributed by atoms with Crippen LogP contribution in [0, 0.1) is 6.92 Å². The molecule has 66 valence electrons. The summed E-state index contributed by atoms with van der Waals surface area (Å²) in [7, 11) is -1.44. The van der Waals surface area contributed by atoms with E-state index in [9.17, 15) is 0 Å². The summed E-state index contributed by atoms with van der Waals surface area (Å²) in [5.74, 6) is 0. The van der Waals surface area contributed by atoms with Crippen molar-refractivity contribution in [2.75, 3.05) is 0 Å². The molecule has 4 nitrogen and oxygen atoms in total. The molecule has 0 unspecified atom stereocenters. The van der Waals surface area contributed by atoms with Crippen LogP contribution >= 0.6 is 0 Å². The minimum atomic E-state index is -1.44. The Morgan fingerprint density at radius 3 is 2.42 bits per heavy atom. The van der Waals surface area contributed by atoms with Crippen LogP contribution in [0.25, 0.3) is 0 Å². The zero-order chi connectivity index (χ0) is 9.30. The third kappa shape index (κ3) is 1.51. The fraction of sp³-hybridized carbons (Fsp3) is 0.571. The fourth-order valence-electron chi connectivity index (χ4n) is 1.20. The Balaban J connectivity index is 3.12. The molecule has 0 aliphatic rings. The third-order valence-electron chi connectivity index (χ3n) is 1.83. The van der Waals surface area contributed by atoms with Crippen LogP contribution in [0.5, 0.6) is 0 Å². The molecule has 0 fully saturated rings. The molecule has 2 N–H and O–H groups in total. The van der Waals surface area contributed by atoms with Gasteiger partial charge < -0.3 is 14.6 Å². The van der Waals surface area contributed by atoms with Gasteiger partial charge in [-0.3, -0.25) is 0 Å². The van der Waals surface area contributed by atoms with E-state index >= 15 is 0 Å². The van der Waals surface area contributed by atoms with Crippen molar-refractivity contribution in [2.45, 2.75) is 26.8 Å². The lowest BCUT2D eigenvalue weighted by Gasteiger charge is -2.11. The zero-order valence-corrected chi connectivity index (χ0v) is 7.52. The normalized spacial score (nSPS) is 10.8. The molecule has 0 aliphatic heterocycles. The van der Waals surface area contributed by atoms with Gasteiger partial charge in [0.1, 0.15) is 0 Å². The summed E-state index contributed by atoms with van der Waals surface area (Å²) in [5.41, 5.74) is 1.14. The second kappa shape index (κ2) is 3.29. The van der Waals surface area contributed by atoms with Crippen molar-refractivity contribution in [3.05, 3.63) is 12.0 Å². The molecule has 0 aromatic carbocycles. The Bertz CT molecular complexity index is 270. The van der Waals surface area contributed by atoms with Gasteiger partial charge in [-0.05, 0) is 20.8 Å². The Hall–Kier alpha value is -0.805. The Labute approximate surface area is 72.0 Å². The van der Waals surface area contributed by atoms with Crippen molar-refractivity contribution in [3.8, 4) is 0 Å². The highest BCUT2D eigenvalue weighted by atomic mass is 16.4. The summed E-state index contributed by atoms with van der Waals surface area (Å²) in [6, 6.07) is 0.197. The van der Waals surface area contributed by atoms with E-state index in [0.29, 0.717) is 11.3 Å². The highest BCUT2D eigenvalue weighted by Crippen LogP contribution is 2.02. The molecule has 0 saturated carbocycles. The first kappa shape index (κ1) is 9.28. The second-order valence-corrected chi connectivity index (χ2v) is 3.09. The summed E-state index contributed by atoms with van der Waals surface area (Å²) in [6.45, 7) is 5.69. The van der Waals surface area contributed by atoms with E-state index < -0.39 is 7.12 Å². The molecule has 0 bridgehead atoms. The molecule has 0 atom stereocenters. The summed E-state index contributed by atoms with van der Waals surface area (Å²) >= 11 is 0. The minimum absolute atomic E-state index is 0.197. The standard InChI is InChI=1S/C7H13BN2O2/c1-5(2)10-4-9-6(3)7(10)8(11)12/h4-5,11-12H,1-3H3. The maximum absolute atomic E-state index is 9.02. The number of imidazole rings is 1. The van der Waals surface area contributed by atoms with Crippen molar-refractivity contribution in [1.29, 1.82) is 0 Å². The lowest BCUT2D eigenvalue weighted by atomic mass is 9.84. The van der Waals surface area contributed by atoms with Gasteiger partial charge in [-0.25, -0.2) is 4.98 Å². The topological polar surface area (TPSA) is 58.3 Å². The average Bonchev–Trinajstić information content (AvgIpc) is 2.30. The lowest BCUT2D eigenvalue weighted by molar-refractivity contribution is 0.419. The fourth-order valence-corrected chi connectivity index (χ4v) is 1.20. The molecule has 1 aromatic rings. The molecule has 0 aliphatic carbocycles. The van der Waals surface area contributed by atoms with E-state index in [2.05, 4.69) is 4.98 Å². The molecular weight excluding hydrogens is 155 g/mol. The molecular formula is C7H13BN2O2. The van der Waals surface area contributed by atoms with Gasteiger partial charge in [0.05, 0.1) is 17.6 Å². The largest absolute Gasteiger partial charge is 0.507 e. The molecule has 5 heteroatoms. The van der Waals surface area contributed by atoms with E-state index in [-0.39, 0.29) is 6.04 Å². The van der Waals surface area contributed by atoms with Crippen LogP contribution in [0.1, 0.15) is 25.6 Å². The van der Waals surface area contributed by atoms with Crippen molar-refractivity contribution in [3.63, 3.8) is 0 Å². The van der Waals surface area contributed by atoms with E-state index in [1.807, 2.05) is 13.8 Å². The summed E-state index contributed by atoms with van der Waals surface area (Å²) < 4.78 is 1.75. The molecule has 0 amide bonds. The van der Waals surface area contributed by atoms with E-state index in [4.69, 9.17) is 10.0 Å². The Morgan fingerprint density at radius 2 is 2.08 bits per heavy atom. The van der Waals surface area contributed by atoms with E-state index in [1.165, 1.54) is 0 Å². The van der Waals surface area contributed by atoms with E-state index in [0.717, 1.165) is 0 Å². The number of aromatic nitrogens is 2. The van der Waals surface area contributed by atoms with Gasteiger partial charge in [-0.15, -0.1) is 0 Å². The Kier molecular flexibility index (Phi) is 2.54. The van der Waals surface area contributed by atoms with Gasteiger partial charge in [0.15, 0.2) is 0 Å². The molecule has 1 heterocycles. The molecule has 0 spiro atoms. The van der Waals surface area contributed by atoms with Gasteiger partial charge in [-0.2, -0.15) is 0 Å². The van der Waals surface area contributed by atoms with Gasteiger partial charge in [0, 0.05) is 6.04 Å². The highest BCUT2D eigenvalue weighted by Gasteiger charge is 2.21. The van der Waals surface area contributed by atoms with Crippen molar-refractivity contribution < 1.29 is 10.0 Å². The first-order valence-electron chi connectivity index (χ1n) is 3.93. The van der Waals surface area contributed by atoms with Crippen LogP contribution in [0.4, 0.5) is 0 Å². The first-order valence-corrected chi connectivity index (χ1v) is 3.93. The number of hydrogen-bond acceptors (Lipinski definition) is 3. The van der Waals surface area contributed by atoms with Gasteiger partial charge in [0.2, 0.25) is 0 Å². The number of nitrogens with zero attached hydrogens (tertiary/aromatic N) is 2. The van der Waals surface area contributed by atoms with Crippen molar-refractivity contribution in [1.82, 2.24) is 9.55 Å². The summed E-state index contributed by atoms with van der Waals surface area (Å²) in [5, 5.41) is 18.0. The molecule has 1 rings (SSSR count). The summed E-state index contributed by atoms with van der Waals surface area (Å²) in [4.78, 5) is 4.00. The van der Waals surface area contributed by atoms with Crippen molar-refractivity contribution >= 4 is 12.7 Å². The zero-order valence-electron chi connectivity index (χ0n) is 7.52. The smallest absolute Gasteiger partial charge is 0.422 e. The van der Waals surface area contributed by atoms with Crippen LogP contribution < -0.4 is 5.59 Å². The lowest BCUT2D eigenvalue weighted by Crippen LogP contribution is -2.38. The van der Waals surface area contributed by atoms with Crippen molar-refractivity contribution in [2.24, 2.45) is 0 Å². The van der Waals surface area contributed by atoms with Crippen LogP contribution in [0.15, 0.2) is 6.33 Å². The monoisotopic (exact) mass is 168 g/mol. The number of hydrogen-bond donors (Lipinski definition) is 2. The van der Waals surface area contributed by atoms with Crippen LogP contribution in [0.3, 0.4) is 0 Å². The number of rotatable bonds is 2. The molecule has 0 radical (unpaired) electrons. The predicted molar refractivity (Wildman–Crippen MR) is 47.2 cm³/mol. The average molecular weight is 168 g/mol. The molecule has 12 heavy (non-hydrogen) atoms. The Morgan fingerprint density at radius 1 is 1.50 bits per heavy atom. The van der Waals surface area contributed by atoms with Crippen LogP contribution in [0.2, 0.25) is 0 Å². The van der Waals surface area contributed by atoms with E-state index in [1.54, 1.807) is 17.8 Å². The number of aryl methyl sites for hydroxylation is 1. The van der Waals surface area contributed by atoms with Gasteiger partial charge in [0.25, 0.3) is 0 Å². The SMILES string of the molecule is Cc1ncn(C(C)C)c1B(O)O. The van der Waals surface area contributed by atoms with Crippen LogP contribution in [-0.4, -0.2) is 26.7 Å². The third-order valence-corrected chi connectivity index (χ3v) is 1.83. The predicted octanol–water partition coefficient (Wildman–Crippen LogP) is -0.548. The van der Waals surface area contributed by atoms with Crippen LogP contribution in [-0.2, 0) is 0 Å². The highest BCUT2D eigenvalue weighted by molar-refractivity contribution is 6.58. The maximum Gasteiger partial charge on any atom is 0.507 e. The van der Waals surface area contributed by atoms with Gasteiger partial charge in [-0.1, -0.05) is 0 Å². The second-order valence-electron chi connectivity index (χ2n) is 3.09. The first-order chi connectivity index (χ1) is 5.54. The minimum Gasteiger partial charge on any atom is -0.422 e.